The smallest absolute Gasteiger partial charge is 0.224 e. The monoisotopic (exact) mass is 264 g/mol. The number of nitrogens with one attached hydrogen (secondary N) is 1. The summed E-state index contributed by atoms with van der Waals surface area (Å²) in [6.07, 6.45) is 1.93. The SMILES string of the molecule is COCCOCCCCNc1nc(C)cc(C#N)n1. The number of nitriles is 1. The van der Waals surface area contributed by atoms with E-state index < -0.39 is 0 Å². The van der Waals surface area contributed by atoms with Gasteiger partial charge in [0.1, 0.15) is 11.8 Å². The Labute approximate surface area is 113 Å². The van der Waals surface area contributed by atoms with Crippen LogP contribution in [0.5, 0.6) is 0 Å². The fourth-order valence-electron chi connectivity index (χ4n) is 1.48. The predicted octanol–water partition coefficient (Wildman–Crippen LogP) is 1.51. The second-order valence-electron chi connectivity index (χ2n) is 4.07. The zero-order valence-electron chi connectivity index (χ0n) is 11.5. The van der Waals surface area contributed by atoms with Crippen molar-refractivity contribution in [2.24, 2.45) is 0 Å². The maximum absolute atomic E-state index is 8.80. The van der Waals surface area contributed by atoms with Crippen LogP contribution in [0, 0.1) is 18.3 Å². The van der Waals surface area contributed by atoms with Gasteiger partial charge in [0, 0.05) is 26.0 Å². The maximum atomic E-state index is 8.80. The summed E-state index contributed by atoms with van der Waals surface area (Å²) in [4.78, 5) is 8.30. The second kappa shape index (κ2) is 9.25. The van der Waals surface area contributed by atoms with Crippen LogP contribution in [0.4, 0.5) is 5.95 Å². The molecule has 0 radical (unpaired) electrons. The van der Waals surface area contributed by atoms with Crippen molar-refractivity contribution in [3.8, 4) is 6.07 Å². The number of aryl methyl sites for hydroxylation is 1. The lowest BCUT2D eigenvalue weighted by Crippen LogP contribution is -2.09. The second-order valence-corrected chi connectivity index (χ2v) is 4.07. The van der Waals surface area contributed by atoms with Crippen molar-refractivity contribution in [2.45, 2.75) is 19.8 Å². The van der Waals surface area contributed by atoms with Crippen molar-refractivity contribution in [1.29, 1.82) is 5.26 Å². The third-order valence-electron chi connectivity index (χ3n) is 2.40. The highest BCUT2D eigenvalue weighted by atomic mass is 16.5. The Balaban J connectivity index is 2.16. The normalized spacial score (nSPS) is 10.2. The number of nitrogens with zero attached hydrogens (tertiary/aromatic N) is 3. The molecule has 6 nitrogen and oxygen atoms in total. The Bertz CT molecular complexity index is 418. The van der Waals surface area contributed by atoms with Crippen molar-refractivity contribution in [1.82, 2.24) is 9.97 Å². The van der Waals surface area contributed by atoms with E-state index in [4.69, 9.17) is 14.7 Å². The minimum atomic E-state index is 0.387. The van der Waals surface area contributed by atoms with Crippen LogP contribution in [0.2, 0.25) is 0 Å². The summed E-state index contributed by atoms with van der Waals surface area (Å²) in [6, 6.07) is 3.68. The third kappa shape index (κ3) is 6.70. The Hall–Kier alpha value is -1.71. The summed E-state index contributed by atoms with van der Waals surface area (Å²) in [7, 11) is 1.66. The molecule has 0 aliphatic carbocycles. The topological polar surface area (TPSA) is 80.1 Å². The van der Waals surface area contributed by atoms with Gasteiger partial charge in [0.05, 0.1) is 13.2 Å². The molecule has 0 spiro atoms. The largest absolute Gasteiger partial charge is 0.382 e. The third-order valence-corrected chi connectivity index (χ3v) is 2.40. The zero-order valence-corrected chi connectivity index (χ0v) is 11.5. The average Bonchev–Trinajstić information content (AvgIpc) is 2.41. The van der Waals surface area contributed by atoms with Gasteiger partial charge in [0.2, 0.25) is 5.95 Å². The maximum Gasteiger partial charge on any atom is 0.224 e. The molecule has 6 heteroatoms. The van der Waals surface area contributed by atoms with Crippen molar-refractivity contribution in [2.75, 3.05) is 38.8 Å². The van der Waals surface area contributed by atoms with Crippen LogP contribution in [-0.4, -0.2) is 43.4 Å². The molecule has 0 aromatic carbocycles. The summed E-state index contributed by atoms with van der Waals surface area (Å²) < 4.78 is 10.2. The highest BCUT2D eigenvalue weighted by Crippen LogP contribution is 2.04. The minimum absolute atomic E-state index is 0.387. The van der Waals surface area contributed by atoms with Crippen LogP contribution in [0.25, 0.3) is 0 Å². The van der Waals surface area contributed by atoms with Gasteiger partial charge in [-0.2, -0.15) is 5.26 Å². The highest BCUT2D eigenvalue weighted by molar-refractivity contribution is 5.32. The molecule has 0 amide bonds. The first kappa shape index (κ1) is 15.3. The predicted molar refractivity (Wildman–Crippen MR) is 71.9 cm³/mol. The van der Waals surface area contributed by atoms with E-state index in [1.807, 2.05) is 13.0 Å². The van der Waals surface area contributed by atoms with Gasteiger partial charge < -0.3 is 14.8 Å². The van der Waals surface area contributed by atoms with Crippen LogP contribution in [0.3, 0.4) is 0 Å². The van der Waals surface area contributed by atoms with E-state index >= 15 is 0 Å². The molecule has 19 heavy (non-hydrogen) atoms. The molecule has 1 aromatic rings. The molecular weight excluding hydrogens is 244 g/mol. The van der Waals surface area contributed by atoms with Gasteiger partial charge in [0.25, 0.3) is 0 Å². The molecule has 0 aliphatic heterocycles. The number of anilines is 1. The average molecular weight is 264 g/mol. The van der Waals surface area contributed by atoms with E-state index in [1.165, 1.54) is 0 Å². The Morgan fingerprint density at radius 3 is 2.84 bits per heavy atom. The molecule has 1 rings (SSSR count). The van der Waals surface area contributed by atoms with Crippen LogP contribution in [0.1, 0.15) is 24.2 Å². The summed E-state index contributed by atoms with van der Waals surface area (Å²) in [5.41, 5.74) is 1.18. The van der Waals surface area contributed by atoms with Crippen LogP contribution in [0.15, 0.2) is 6.07 Å². The van der Waals surface area contributed by atoms with Gasteiger partial charge in [0.15, 0.2) is 0 Å². The van der Waals surface area contributed by atoms with E-state index in [9.17, 15) is 0 Å². The lowest BCUT2D eigenvalue weighted by Gasteiger charge is -2.06. The van der Waals surface area contributed by atoms with E-state index in [1.54, 1.807) is 13.2 Å². The van der Waals surface area contributed by atoms with Crippen molar-refractivity contribution >= 4 is 5.95 Å². The van der Waals surface area contributed by atoms with Gasteiger partial charge in [-0.25, -0.2) is 9.97 Å². The highest BCUT2D eigenvalue weighted by Gasteiger charge is 2.00. The Morgan fingerprint density at radius 2 is 2.11 bits per heavy atom. The van der Waals surface area contributed by atoms with Crippen LogP contribution < -0.4 is 5.32 Å². The summed E-state index contributed by atoms with van der Waals surface area (Å²) >= 11 is 0. The van der Waals surface area contributed by atoms with Gasteiger partial charge in [-0.05, 0) is 25.8 Å². The number of unbranched alkanes of at least 4 members (excludes halogenated alkanes) is 1. The fourth-order valence-corrected chi connectivity index (χ4v) is 1.48. The van der Waals surface area contributed by atoms with Gasteiger partial charge >= 0.3 is 0 Å². The molecular formula is C13H20N4O2. The molecule has 1 aromatic heterocycles. The number of rotatable bonds is 9. The number of hydrogen-bond acceptors (Lipinski definition) is 6. The molecule has 104 valence electrons. The van der Waals surface area contributed by atoms with E-state index in [-0.39, 0.29) is 0 Å². The number of aromatic nitrogens is 2. The van der Waals surface area contributed by atoms with E-state index in [2.05, 4.69) is 15.3 Å². The molecule has 1 heterocycles. The number of methoxy groups -OCH3 is 1. The Morgan fingerprint density at radius 1 is 1.26 bits per heavy atom. The first-order chi connectivity index (χ1) is 9.26. The molecule has 0 fully saturated rings. The molecule has 0 atom stereocenters. The number of ether oxygens (including phenoxy) is 2. The molecule has 0 saturated carbocycles. The van der Waals surface area contributed by atoms with E-state index in [0.717, 1.165) is 31.7 Å². The quantitative estimate of drug-likeness (QED) is 0.681. The summed E-state index contributed by atoms with van der Waals surface area (Å²) in [5, 5.41) is 11.9. The van der Waals surface area contributed by atoms with Crippen LogP contribution in [-0.2, 0) is 9.47 Å². The van der Waals surface area contributed by atoms with E-state index in [0.29, 0.717) is 24.9 Å². The minimum Gasteiger partial charge on any atom is -0.382 e. The van der Waals surface area contributed by atoms with Crippen LogP contribution >= 0.6 is 0 Å². The standard InChI is InChI=1S/C13H20N4O2/c1-11-9-12(10-14)17-13(16-11)15-5-3-4-6-19-8-7-18-2/h9H,3-8H2,1-2H3,(H,15,16,17). The summed E-state index contributed by atoms with van der Waals surface area (Å²) in [5.74, 6) is 0.511. The molecule has 0 unspecified atom stereocenters. The van der Waals surface area contributed by atoms with Crippen molar-refractivity contribution in [3.63, 3.8) is 0 Å². The fraction of sp³-hybridized carbons (Fsp3) is 0.615. The number of hydrogen-bond donors (Lipinski definition) is 1. The lowest BCUT2D eigenvalue weighted by molar-refractivity contribution is 0.0691. The lowest BCUT2D eigenvalue weighted by atomic mass is 10.3. The first-order valence-electron chi connectivity index (χ1n) is 6.32. The zero-order chi connectivity index (χ0) is 13.9. The van der Waals surface area contributed by atoms with Crippen molar-refractivity contribution in [3.05, 3.63) is 17.5 Å². The molecule has 0 bridgehead atoms. The molecule has 1 N–H and O–H groups in total. The van der Waals surface area contributed by atoms with Gasteiger partial charge in [-0.3, -0.25) is 0 Å². The molecule has 0 aliphatic rings. The Kier molecular flexibility index (Phi) is 7.47. The van der Waals surface area contributed by atoms with Gasteiger partial charge in [-0.15, -0.1) is 0 Å². The first-order valence-corrected chi connectivity index (χ1v) is 6.32. The summed E-state index contributed by atoms with van der Waals surface area (Å²) in [6.45, 7) is 4.60. The van der Waals surface area contributed by atoms with Crippen molar-refractivity contribution < 1.29 is 9.47 Å². The van der Waals surface area contributed by atoms with Gasteiger partial charge in [-0.1, -0.05) is 0 Å². The molecule has 0 saturated heterocycles.